The lowest BCUT2D eigenvalue weighted by Gasteiger charge is -2.10. The van der Waals surface area contributed by atoms with Gasteiger partial charge < -0.3 is 9.15 Å². The quantitative estimate of drug-likeness (QED) is 0.415. The topological polar surface area (TPSA) is 52.3 Å². The van der Waals surface area contributed by atoms with Crippen molar-refractivity contribution < 1.29 is 13.9 Å². The van der Waals surface area contributed by atoms with Crippen LogP contribution in [0.25, 0.3) is 28.1 Å². The molecule has 0 aliphatic heterocycles. The molecule has 0 aliphatic rings. The number of aromatic nitrogens is 1. The molecule has 4 rings (SSSR count). The number of para-hydroxylation sites is 1. The molecule has 0 bridgehead atoms. The van der Waals surface area contributed by atoms with Crippen LogP contribution in [0.4, 0.5) is 0 Å². The standard InChI is InChI=1S/C21H14ClNO3/c1-13(24)6-7-14-8-10-15(11-9-14)26-20-16-4-2-3-5-18(16)23-21-19(20)17(22)12-25-21/h2-12H,1H3/b7-6+. The van der Waals surface area contributed by atoms with E-state index in [1.807, 2.05) is 48.5 Å². The lowest BCUT2D eigenvalue weighted by molar-refractivity contribution is -0.112. The van der Waals surface area contributed by atoms with Crippen LogP contribution in [0.3, 0.4) is 0 Å². The molecule has 0 spiro atoms. The first-order chi connectivity index (χ1) is 12.6. The average molecular weight is 364 g/mol. The molecule has 2 heterocycles. The van der Waals surface area contributed by atoms with Crippen molar-refractivity contribution in [3.8, 4) is 11.5 Å². The van der Waals surface area contributed by atoms with E-state index in [4.69, 9.17) is 20.8 Å². The van der Waals surface area contributed by atoms with E-state index >= 15 is 0 Å². The minimum atomic E-state index is 0.00516. The van der Waals surface area contributed by atoms with Crippen LogP contribution in [0.15, 0.2) is 65.3 Å². The number of furan rings is 1. The molecule has 0 saturated carbocycles. The molecule has 0 amide bonds. The molecule has 0 fully saturated rings. The van der Waals surface area contributed by atoms with Gasteiger partial charge in [0.2, 0.25) is 5.71 Å². The highest BCUT2D eigenvalue weighted by molar-refractivity contribution is 6.36. The van der Waals surface area contributed by atoms with Gasteiger partial charge in [0.15, 0.2) is 11.5 Å². The van der Waals surface area contributed by atoms with Crippen LogP contribution in [0.1, 0.15) is 12.5 Å². The van der Waals surface area contributed by atoms with Gasteiger partial charge >= 0.3 is 0 Å². The zero-order chi connectivity index (χ0) is 18.1. The third-order valence-electron chi connectivity index (χ3n) is 3.93. The molecule has 2 aromatic heterocycles. The molecule has 0 unspecified atom stereocenters. The molecule has 2 aromatic carbocycles. The van der Waals surface area contributed by atoms with Crippen molar-refractivity contribution in [3.05, 3.63) is 71.5 Å². The van der Waals surface area contributed by atoms with Gasteiger partial charge in [0, 0.05) is 5.39 Å². The zero-order valence-electron chi connectivity index (χ0n) is 13.9. The number of nitrogens with zero attached hydrogens (tertiary/aromatic N) is 1. The first-order valence-corrected chi connectivity index (χ1v) is 8.41. The van der Waals surface area contributed by atoms with Gasteiger partial charge in [-0.15, -0.1) is 0 Å². The Bertz CT molecular complexity index is 1140. The Kier molecular flexibility index (Phi) is 4.19. The van der Waals surface area contributed by atoms with Crippen LogP contribution in [0, 0.1) is 0 Å². The van der Waals surface area contributed by atoms with Crippen LogP contribution in [-0.2, 0) is 4.79 Å². The Hall–Kier alpha value is -3.11. The molecule has 0 atom stereocenters. The highest BCUT2D eigenvalue weighted by atomic mass is 35.5. The average Bonchev–Trinajstić information content (AvgIpc) is 3.01. The van der Waals surface area contributed by atoms with Crippen LogP contribution in [0.5, 0.6) is 11.5 Å². The molecule has 4 nitrogen and oxygen atoms in total. The molecule has 5 heteroatoms. The number of rotatable bonds is 4. The predicted octanol–water partition coefficient (Wildman–Crippen LogP) is 6.03. The summed E-state index contributed by atoms with van der Waals surface area (Å²) in [4.78, 5) is 15.5. The van der Waals surface area contributed by atoms with E-state index in [2.05, 4.69) is 4.98 Å². The van der Waals surface area contributed by atoms with E-state index < -0.39 is 0 Å². The molecular formula is C21H14ClNO3. The summed E-state index contributed by atoms with van der Waals surface area (Å²) in [6.07, 6.45) is 4.75. The van der Waals surface area contributed by atoms with Crippen molar-refractivity contribution in [3.63, 3.8) is 0 Å². The van der Waals surface area contributed by atoms with Gasteiger partial charge in [-0.1, -0.05) is 41.9 Å². The van der Waals surface area contributed by atoms with Crippen LogP contribution < -0.4 is 4.74 Å². The van der Waals surface area contributed by atoms with E-state index in [9.17, 15) is 4.79 Å². The van der Waals surface area contributed by atoms with Crippen LogP contribution in [-0.4, -0.2) is 10.8 Å². The van der Waals surface area contributed by atoms with Crippen molar-refractivity contribution in [2.75, 3.05) is 0 Å². The first kappa shape index (κ1) is 16.4. The van der Waals surface area contributed by atoms with Crippen molar-refractivity contribution in [1.29, 1.82) is 0 Å². The van der Waals surface area contributed by atoms with Gasteiger partial charge in [-0.25, -0.2) is 4.98 Å². The number of fused-ring (bicyclic) bond motifs is 2. The Morgan fingerprint density at radius 3 is 2.69 bits per heavy atom. The van der Waals surface area contributed by atoms with Gasteiger partial charge in [-0.3, -0.25) is 4.79 Å². The van der Waals surface area contributed by atoms with Gasteiger partial charge in [-0.05, 0) is 42.8 Å². The van der Waals surface area contributed by atoms with Crippen molar-refractivity contribution in [2.24, 2.45) is 0 Å². The second kappa shape index (κ2) is 6.65. The van der Waals surface area contributed by atoms with Crippen molar-refractivity contribution in [2.45, 2.75) is 6.92 Å². The summed E-state index contributed by atoms with van der Waals surface area (Å²) in [6.45, 7) is 1.52. The molecule has 0 radical (unpaired) electrons. The molecule has 128 valence electrons. The van der Waals surface area contributed by atoms with Crippen molar-refractivity contribution >= 4 is 45.5 Å². The SMILES string of the molecule is CC(=O)/C=C/c1ccc(Oc2c3ccccc3nc3occ(Cl)c23)cc1. The van der Waals surface area contributed by atoms with E-state index in [1.54, 1.807) is 6.08 Å². The smallest absolute Gasteiger partial charge is 0.231 e. The second-order valence-electron chi connectivity index (χ2n) is 5.84. The number of hydrogen-bond acceptors (Lipinski definition) is 4. The van der Waals surface area contributed by atoms with Gasteiger partial charge in [-0.2, -0.15) is 0 Å². The van der Waals surface area contributed by atoms with E-state index in [0.29, 0.717) is 27.6 Å². The third kappa shape index (κ3) is 3.07. The van der Waals surface area contributed by atoms with Gasteiger partial charge in [0.1, 0.15) is 17.4 Å². The monoisotopic (exact) mass is 363 g/mol. The lowest BCUT2D eigenvalue weighted by Crippen LogP contribution is -1.90. The molecule has 4 aromatic rings. The van der Waals surface area contributed by atoms with E-state index in [1.165, 1.54) is 19.3 Å². The third-order valence-corrected chi connectivity index (χ3v) is 4.21. The molecule has 26 heavy (non-hydrogen) atoms. The Morgan fingerprint density at radius 2 is 1.92 bits per heavy atom. The number of carbonyl (C=O) groups excluding carboxylic acids is 1. The number of ether oxygens (including phenoxy) is 1. The maximum atomic E-state index is 11.0. The minimum absolute atomic E-state index is 0.00516. The molecule has 0 aliphatic carbocycles. The number of carbonyl (C=O) groups is 1. The largest absolute Gasteiger partial charge is 0.456 e. The van der Waals surface area contributed by atoms with E-state index in [0.717, 1.165) is 16.5 Å². The maximum Gasteiger partial charge on any atom is 0.231 e. The zero-order valence-corrected chi connectivity index (χ0v) is 14.7. The molecule has 0 saturated heterocycles. The summed E-state index contributed by atoms with van der Waals surface area (Å²) in [5, 5.41) is 1.95. The summed E-state index contributed by atoms with van der Waals surface area (Å²) in [6, 6.07) is 15.1. The number of allylic oxidation sites excluding steroid dienone is 1. The summed E-state index contributed by atoms with van der Waals surface area (Å²) in [5.41, 5.74) is 2.12. The summed E-state index contributed by atoms with van der Waals surface area (Å²) in [5.74, 6) is 1.27. The normalized spacial score (nSPS) is 11.5. The van der Waals surface area contributed by atoms with Gasteiger partial charge in [0.25, 0.3) is 0 Å². The highest BCUT2D eigenvalue weighted by Crippen LogP contribution is 2.40. The maximum absolute atomic E-state index is 11.0. The summed E-state index contributed by atoms with van der Waals surface area (Å²) >= 11 is 6.29. The molecule has 0 N–H and O–H groups in total. The Morgan fingerprint density at radius 1 is 1.15 bits per heavy atom. The van der Waals surface area contributed by atoms with Gasteiger partial charge in [0.05, 0.1) is 10.5 Å². The Labute approximate surface area is 154 Å². The lowest BCUT2D eigenvalue weighted by atomic mass is 10.1. The second-order valence-corrected chi connectivity index (χ2v) is 6.24. The fourth-order valence-electron chi connectivity index (χ4n) is 2.71. The Balaban J connectivity index is 1.78. The van der Waals surface area contributed by atoms with Crippen LogP contribution in [0.2, 0.25) is 5.02 Å². The predicted molar refractivity (Wildman–Crippen MR) is 103 cm³/mol. The number of hydrogen-bond donors (Lipinski definition) is 0. The number of halogens is 1. The number of ketones is 1. The fourth-order valence-corrected chi connectivity index (χ4v) is 2.92. The minimum Gasteiger partial charge on any atom is -0.456 e. The van der Waals surface area contributed by atoms with E-state index in [-0.39, 0.29) is 5.78 Å². The first-order valence-electron chi connectivity index (χ1n) is 8.04. The fraction of sp³-hybridized carbons (Fsp3) is 0.0476. The van der Waals surface area contributed by atoms with Crippen molar-refractivity contribution in [1.82, 2.24) is 4.98 Å². The number of benzene rings is 2. The highest BCUT2D eigenvalue weighted by Gasteiger charge is 2.17. The summed E-state index contributed by atoms with van der Waals surface area (Å²) in [7, 11) is 0. The van der Waals surface area contributed by atoms with Crippen LogP contribution >= 0.6 is 11.6 Å². The number of pyridine rings is 1. The molecular weight excluding hydrogens is 350 g/mol. The summed E-state index contributed by atoms with van der Waals surface area (Å²) < 4.78 is 11.6.